The largest absolute Gasteiger partial charge is 0.463 e. The van der Waals surface area contributed by atoms with Gasteiger partial charge in [-0.2, -0.15) is 0 Å². The number of carbonyl (C=O) groups excluding carboxylic acids is 2. The first kappa shape index (κ1) is 19.7. The first-order chi connectivity index (χ1) is 13.5. The third-order valence-electron chi connectivity index (χ3n) is 4.54. The lowest BCUT2D eigenvalue weighted by atomic mass is 10.0. The fourth-order valence-electron chi connectivity index (χ4n) is 3.24. The molecule has 0 radical (unpaired) electrons. The van der Waals surface area contributed by atoms with E-state index in [-0.39, 0.29) is 24.4 Å². The number of ether oxygens (including phenoxy) is 1. The van der Waals surface area contributed by atoms with Crippen LogP contribution in [0.4, 0.5) is 0 Å². The van der Waals surface area contributed by atoms with Gasteiger partial charge in [0, 0.05) is 24.7 Å². The fraction of sp³-hybridized carbons (Fsp3) is 0.304. The van der Waals surface area contributed by atoms with Gasteiger partial charge in [0.25, 0.3) is 0 Å². The molecule has 0 spiro atoms. The Hall–Kier alpha value is -3.08. The van der Waals surface area contributed by atoms with Crippen LogP contribution in [0, 0.1) is 0 Å². The summed E-state index contributed by atoms with van der Waals surface area (Å²) in [6.07, 6.45) is 2.26. The number of para-hydroxylation sites is 1. The molecule has 5 nitrogen and oxygen atoms in total. The minimum atomic E-state index is -0.402. The van der Waals surface area contributed by atoms with Crippen molar-refractivity contribution in [3.8, 4) is 0 Å². The van der Waals surface area contributed by atoms with E-state index in [1.54, 1.807) is 0 Å². The molecule has 5 heteroatoms. The topological polar surface area (TPSA) is 60.3 Å². The van der Waals surface area contributed by atoms with E-state index in [0.717, 1.165) is 16.5 Å². The van der Waals surface area contributed by atoms with Crippen molar-refractivity contribution in [2.45, 2.75) is 45.4 Å². The Bertz CT molecular complexity index is 931. The summed E-state index contributed by atoms with van der Waals surface area (Å²) in [6.45, 7) is 4.21. The number of nitrogens with one attached hydrogen (secondary N) is 1. The Morgan fingerprint density at radius 3 is 2.46 bits per heavy atom. The van der Waals surface area contributed by atoms with Crippen LogP contribution in [0.15, 0.2) is 66.9 Å². The van der Waals surface area contributed by atoms with Crippen LogP contribution in [-0.4, -0.2) is 22.5 Å². The second kappa shape index (κ2) is 9.22. The van der Waals surface area contributed by atoms with E-state index in [4.69, 9.17) is 4.74 Å². The highest BCUT2D eigenvalue weighted by molar-refractivity contribution is 5.81. The van der Waals surface area contributed by atoms with Gasteiger partial charge in [-0.05, 0) is 36.9 Å². The smallest absolute Gasteiger partial charge is 0.308 e. The SMILES string of the molecule is CC(C)OC(=O)CC(NC(=O)CCn1ccc2ccccc21)c1ccccc1. The molecule has 3 aromatic rings. The number of benzene rings is 2. The summed E-state index contributed by atoms with van der Waals surface area (Å²) in [5.74, 6) is -0.412. The number of fused-ring (bicyclic) bond motifs is 1. The minimum Gasteiger partial charge on any atom is -0.463 e. The predicted molar refractivity (Wildman–Crippen MR) is 110 cm³/mol. The summed E-state index contributed by atoms with van der Waals surface area (Å²) < 4.78 is 7.33. The number of rotatable bonds is 8. The molecular weight excluding hydrogens is 352 g/mol. The molecule has 28 heavy (non-hydrogen) atoms. The number of hydrogen-bond acceptors (Lipinski definition) is 3. The monoisotopic (exact) mass is 378 g/mol. The Balaban J connectivity index is 1.64. The van der Waals surface area contributed by atoms with E-state index in [1.165, 1.54) is 0 Å². The van der Waals surface area contributed by atoms with E-state index in [1.807, 2.05) is 74.6 Å². The first-order valence-electron chi connectivity index (χ1n) is 9.60. The van der Waals surface area contributed by atoms with E-state index >= 15 is 0 Å². The Morgan fingerprint density at radius 1 is 1.00 bits per heavy atom. The van der Waals surface area contributed by atoms with Crippen molar-refractivity contribution in [1.29, 1.82) is 0 Å². The third kappa shape index (κ3) is 5.22. The van der Waals surface area contributed by atoms with Crippen LogP contribution in [0.25, 0.3) is 10.9 Å². The summed E-state index contributed by atoms with van der Waals surface area (Å²) in [4.78, 5) is 24.7. The van der Waals surface area contributed by atoms with Gasteiger partial charge >= 0.3 is 5.97 Å². The molecule has 146 valence electrons. The zero-order chi connectivity index (χ0) is 19.9. The quantitative estimate of drug-likeness (QED) is 0.597. The second-order valence-corrected chi connectivity index (χ2v) is 7.09. The van der Waals surface area contributed by atoms with Crippen LogP contribution in [-0.2, 0) is 20.9 Å². The van der Waals surface area contributed by atoms with Gasteiger partial charge in [0.1, 0.15) is 0 Å². The maximum atomic E-state index is 12.6. The zero-order valence-corrected chi connectivity index (χ0v) is 16.3. The number of amides is 1. The normalized spacial score (nSPS) is 12.1. The molecule has 0 saturated carbocycles. The lowest BCUT2D eigenvalue weighted by Crippen LogP contribution is -2.31. The molecule has 0 aliphatic heterocycles. The number of nitrogens with zero attached hydrogens (tertiary/aromatic N) is 1. The molecule has 1 N–H and O–H groups in total. The van der Waals surface area contributed by atoms with Gasteiger partial charge < -0.3 is 14.6 Å². The first-order valence-corrected chi connectivity index (χ1v) is 9.60. The lowest BCUT2D eigenvalue weighted by Gasteiger charge is -2.19. The number of esters is 1. The van der Waals surface area contributed by atoms with Crippen molar-refractivity contribution in [3.05, 3.63) is 72.4 Å². The van der Waals surface area contributed by atoms with Crippen LogP contribution in [0.1, 0.15) is 38.3 Å². The van der Waals surface area contributed by atoms with Crippen molar-refractivity contribution in [3.63, 3.8) is 0 Å². The van der Waals surface area contributed by atoms with Crippen LogP contribution in [0.2, 0.25) is 0 Å². The molecule has 1 unspecified atom stereocenters. The molecule has 0 aliphatic carbocycles. The van der Waals surface area contributed by atoms with Crippen LogP contribution in [0.5, 0.6) is 0 Å². The van der Waals surface area contributed by atoms with E-state index < -0.39 is 6.04 Å². The van der Waals surface area contributed by atoms with Crippen LogP contribution >= 0.6 is 0 Å². The Kier molecular flexibility index (Phi) is 6.48. The van der Waals surface area contributed by atoms with E-state index in [0.29, 0.717) is 13.0 Å². The van der Waals surface area contributed by atoms with Gasteiger partial charge in [-0.15, -0.1) is 0 Å². The van der Waals surface area contributed by atoms with Crippen molar-refractivity contribution in [2.24, 2.45) is 0 Å². The average molecular weight is 378 g/mol. The molecule has 1 atom stereocenters. The van der Waals surface area contributed by atoms with Gasteiger partial charge in [-0.25, -0.2) is 0 Å². The van der Waals surface area contributed by atoms with Gasteiger partial charge in [-0.3, -0.25) is 9.59 Å². The number of aromatic nitrogens is 1. The summed E-state index contributed by atoms with van der Waals surface area (Å²) in [5.41, 5.74) is 2.00. The molecular formula is C23H26N2O3. The molecule has 1 heterocycles. The summed E-state index contributed by atoms with van der Waals surface area (Å²) in [7, 11) is 0. The van der Waals surface area contributed by atoms with Gasteiger partial charge in [0.2, 0.25) is 5.91 Å². The maximum absolute atomic E-state index is 12.6. The summed E-state index contributed by atoms with van der Waals surface area (Å²) >= 11 is 0. The minimum absolute atomic E-state index is 0.0935. The van der Waals surface area contributed by atoms with Gasteiger partial charge in [0.05, 0.1) is 18.6 Å². The fourth-order valence-corrected chi connectivity index (χ4v) is 3.24. The van der Waals surface area contributed by atoms with Crippen molar-refractivity contribution >= 4 is 22.8 Å². The Morgan fingerprint density at radius 2 is 1.71 bits per heavy atom. The highest BCUT2D eigenvalue weighted by Gasteiger charge is 2.20. The molecule has 0 fully saturated rings. The molecule has 0 aliphatic rings. The summed E-state index contributed by atoms with van der Waals surface area (Å²) in [6, 6.07) is 19.3. The lowest BCUT2D eigenvalue weighted by molar-refractivity contribution is -0.148. The van der Waals surface area contributed by atoms with Crippen molar-refractivity contribution < 1.29 is 14.3 Å². The van der Waals surface area contributed by atoms with Crippen LogP contribution in [0.3, 0.4) is 0 Å². The number of carbonyl (C=O) groups is 2. The highest BCUT2D eigenvalue weighted by atomic mass is 16.5. The predicted octanol–water partition coefficient (Wildman–Crippen LogP) is 4.23. The molecule has 2 aromatic carbocycles. The number of aryl methyl sites for hydroxylation is 1. The molecule has 1 amide bonds. The van der Waals surface area contributed by atoms with Crippen LogP contribution < -0.4 is 5.32 Å². The highest BCUT2D eigenvalue weighted by Crippen LogP contribution is 2.19. The Labute approximate surface area is 165 Å². The molecule has 3 rings (SSSR count). The molecule has 0 saturated heterocycles. The zero-order valence-electron chi connectivity index (χ0n) is 16.3. The second-order valence-electron chi connectivity index (χ2n) is 7.09. The molecule has 1 aromatic heterocycles. The summed E-state index contributed by atoms with van der Waals surface area (Å²) in [5, 5.41) is 4.15. The van der Waals surface area contributed by atoms with Gasteiger partial charge in [0.15, 0.2) is 0 Å². The number of hydrogen-bond donors (Lipinski definition) is 1. The molecule has 0 bridgehead atoms. The van der Waals surface area contributed by atoms with E-state index in [2.05, 4.69) is 16.0 Å². The third-order valence-corrected chi connectivity index (χ3v) is 4.54. The standard InChI is InChI=1S/C23H26N2O3/c1-17(2)28-23(27)16-20(18-8-4-3-5-9-18)24-22(26)13-15-25-14-12-19-10-6-7-11-21(19)25/h3-12,14,17,20H,13,15-16H2,1-2H3,(H,24,26). The van der Waals surface area contributed by atoms with Crippen molar-refractivity contribution in [2.75, 3.05) is 0 Å². The van der Waals surface area contributed by atoms with E-state index in [9.17, 15) is 9.59 Å². The average Bonchev–Trinajstić information content (AvgIpc) is 3.09. The van der Waals surface area contributed by atoms with Gasteiger partial charge in [-0.1, -0.05) is 48.5 Å². The van der Waals surface area contributed by atoms with Crippen molar-refractivity contribution in [1.82, 2.24) is 9.88 Å². The maximum Gasteiger partial charge on any atom is 0.308 e.